The van der Waals surface area contributed by atoms with Crippen molar-refractivity contribution in [2.45, 2.75) is 25.6 Å². The van der Waals surface area contributed by atoms with Crippen LogP contribution in [0.4, 0.5) is 0 Å². The predicted octanol–water partition coefficient (Wildman–Crippen LogP) is 5.35. The van der Waals surface area contributed by atoms with Gasteiger partial charge in [-0.1, -0.05) is 42.5 Å². The van der Waals surface area contributed by atoms with Crippen LogP contribution in [0.25, 0.3) is 11.1 Å². The maximum absolute atomic E-state index is 10.6. The van der Waals surface area contributed by atoms with Crippen molar-refractivity contribution in [3.63, 3.8) is 0 Å². The topological polar surface area (TPSA) is 76.0 Å². The second-order valence-electron chi connectivity index (χ2n) is 6.66. The number of phenolic OH excluding ortho intramolecular Hbond substituents is 1. The van der Waals surface area contributed by atoms with Gasteiger partial charge in [0.1, 0.15) is 11.5 Å². The number of carboxylic acids is 1. The van der Waals surface area contributed by atoms with Crippen LogP contribution in [-0.4, -0.2) is 29.1 Å². The second kappa shape index (κ2) is 10.3. The Kier molecular flexibility index (Phi) is 7.25. The molecule has 1 heterocycles. The highest BCUT2D eigenvalue weighted by Gasteiger charge is 2.15. The molecule has 0 bridgehead atoms. The van der Waals surface area contributed by atoms with Crippen LogP contribution < -0.4 is 4.74 Å². The van der Waals surface area contributed by atoms with Crippen molar-refractivity contribution in [2.24, 2.45) is 0 Å². The molecular formula is C24H24O5. The summed E-state index contributed by atoms with van der Waals surface area (Å²) in [5, 5.41) is 17.8. The molecule has 0 aromatic heterocycles. The molecule has 4 rings (SSSR count). The largest absolute Gasteiger partial charge is 0.508 e. The summed E-state index contributed by atoms with van der Waals surface area (Å²) in [6, 6.07) is 23.7. The van der Waals surface area contributed by atoms with Gasteiger partial charge < -0.3 is 19.7 Å². The molecule has 0 amide bonds. The van der Waals surface area contributed by atoms with Crippen LogP contribution in [-0.2, 0) is 4.74 Å². The Balaban J connectivity index is 0.000000169. The Morgan fingerprint density at radius 2 is 1.52 bits per heavy atom. The molecule has 0 saturated carbocycles. The van der Waals surface area contributed by atoms with Gasteiger partial charge in [-0.15, -0.1) is 0 Å². The van der Waals surface area contributed by atoms with E-state index < -0.39 is 5.97 Å². The van der Waals surface area contributed by atoms with E-state index in [0.717, 1.165) is 31.4 Å². The van der Waals surface area contributed by atoms with Crippen LogP contribution in [0.15, 0.2) is 78.9 Å². The highest BCUT2D eigenvalue weighted by Crippen LogP contribution is 2.21. The van der Waals surface area contributed by atoms with Gasteiger partial charge in [0.05, 0.1) is 12.2 Å². The first-order valence-corrected chi connectivity index (χ1v) is 9.58. The molecule has 1 aliphatic heterocycles. The van der Waals surface area contributed by atoms with Crippen molar-refractivity contribution in [3.8, 4) is 22.6 Å². The van der Waals surface area contributed by atoms with Crippen LogP contribution in [0.1, 0.15) is 29.6 Å². The molecule has 2 N–H and O–H groups in total. The van der Waals surface area contributed by atoms with Crippen LogP contribution in [0.5, 0.6) is 11.5 Å². The average Bonchev–Trinajstić information content (AvgIpc) is 2.76. The van der Waals surface area contributed by atoms with Crippen molar-refractivity contribution in [3.05, 3.63) is 84.4 Å². The van der Waals surface area contributed by atoms with Gasteiger partial charge in [-0.05, 0) is 60.4 Å². The summed E-state index contributed by atoms with van der Waals surface area (Å²) >= 11 is 0. The number of aromatic carboxylic acids is 1. The lowest BCUT2D eigenvalue weighted by Gasteiger charge is -2.23. The van der Waals surface area contributed by atoms with Gasteiger partial charge in [0.15, 0.2) is 6.29 Å². The summed E-state index contributed by atoms with van der Waals surface area (Å²) in [4.78, 5) is 10.6. The summed E-state index contributed by atoms with van der Waals surface area (Å²) in [5.41, 5.74) is 2.55. The SMILES string of the molecule is O=C(O)c1ccc(OC2CCCCO2)cc1.Oc1ccc(-c2ccccc2)cc1. The molecule has 150 valence electrons. The summed E-state index contributed by atoms with van der Waals surface area (Å²) in [6.07, 6.45) is 2.89. The third-order valence-corrected chi connectivity index (χ3v) is 4.48. The minimum Gasteiger partial charge on any atom is -0.508 e. The molecule has 1 unspecified atom stereocenters. The molecule has 1 saturated heterocycles. The lowest BCUT2D eigenvalue weighted by atomic mass is 10.1. The van der Waals surface area contributed by atoms with Crippen molar-refractivity contribution < 1.29 is 24.5 Å². The van der Waals surface area contributed by atoms with Crippen LogP contribution in [0, 0.1) is 0 Å². The number of carbonyl (C=O) groups is 1. The Hall–Kier alpha value is -3.31. The number of benzene rings is 3. The molecule has 1 aliphatic rings. The van der Waals surface area contributed by atoms with Gasteiger partial charge in [0.25, 0.3) is 0 Å². The summed E-state index contributed by atoms with van der Waals surface area (Å²) in [6.45, 7) is 0.734. The van der Waals surface area contributed by atoms with Crippen LogP contribution in [0.2, 0.25) is 0 Å². The molecule has 5 nitrogen and oxygen atoms in total. The molecule has 1 fully saturated rings. The molecule has 29 heavy (non-hydrogen) atoms. The first-order valence-electron chi connectivity index (χ1n) is 9.58. The van der Waals surface area contributed by atoms with Crippen molar-refractivity contribution in [2.75, 3.05) is 6.61 Å². The van der Waals surface area contributed by atoms with Gasteiger partial charge in [0.2, 0.25) is 0 Å². The molecule has 0 spiro atoms. The zero-order valence-corrected chi connectivity index (χ0v) is 16.0. The van der Waals surface area contributed by atoms with Crippen molar-refractivity contribution in [1.82, 2.24) is 0 Å². The summed E-state index contributed by atoms with van der Waals surface area (Å²) < 4.78 is 11.0. The fraction of sp³-hybridized carbons (Fsp3) is 0.208. The molecule has 3 aromatic rings. The number of ether oxygens (including phenoxy) is 2. The van der Waals surface area contributed by atoms with Crippen LogP contribution in [0.3, 0.4) is 0 Å². The minimum atomic E-state index is -0.930. The van der Waals surface area contributed by atoms with Gasteiger partial charge in [-0.2, -0.15) is 0 Å². The molecule has 0 aliphatic carbocycles. The predicted molar refractivity (Wildman–Crippen MR) is 111 cm³/mol. The number of phenols is 1. The van der Waals surface area contributed by atoms with E-state index in [2.05, 4.69) is 0 Å². The van der Waals surface area contributed by atoms with E-state index in [1.165, 1.54) is 17.7 Å². The summed E-state index contributed by atoms with van der Waals surface area (Å²) in [7, 11) is 0. The van der Waals surface area contributed by atoms with Gasteiger partial charge in [-0.25, -0.2) is 4.79 Å². The number of hydrogen-bond donors (Lipinski definition) is 2. The van der Waals surface area contributed by atoms with Gasteiger partial charge in [-0.3, -0.25) is 0 Å². The van der Waals surface area contributed by atoms with Gasteiger partial charge >= 0.3 is 5.97 Å². The second-order valence-corrected chi connectivity index (χ2v) is 6.66. The zero-order valence-electron chi connectivity index (χ0n) is 16.0. The number of aromatic hydroxyl groups is 1. The van der Waals surface area contributed by atoms with Gasteiger partial charge in [0, 0.05) is 6.42 Å². The third kappa shape index (κ3) is 6.36. The first kappa shape index (κ1) is 20.4. The summed E-state index contributed by atoms with van der Waals surface area (Å²) in [5.74, 6) is 0.0250. The molecule has 1 atom stereocenters. The Bertz CT molecular complexity index is 883. The van der Waals surface area contributed by atoms with E-state index in [1.807, 2.05) is 42.5 Å². The monoisotopic (exact) mass is 392 g/mol. The Morgan fingerprint density at radius 3 is 2.10 bits per heavy atom. The minimum absolute atomic E-state index is 0.190. The number of carboxylic acid groups (broad SMARTS) is 1. The zero-order chi connectivity index (χ0) is 20.5. The van der Waals surface area contributed by atoms with E-state index in [9.17, 15) is 4.79 Å². The fourth-order valence-corrected chi connectivity index (χ4v) is 2.92. The van der Waals surface area contributed by atoms with E-state index in [-0.39, 0.29) is 11.9 Å². The Morgan fingerprint density at radius 1 is 0.862 bits per heavy atom. The number of rotatable bonds is 4. The van der Waals surface area contributed by atoms with Crippen LogP contribution >= 0.6 is 0 Å². The fourth-order valence-electron chi connectivity index (χ4n) is 2.92. The highest BCUT2D eigenvalue weighted by atomic mass is 16.7. The molecule has 3 aromatic carbocycles. The van der Waals surface area contributed by atoms with E-state index in [0.29, 0.717) is 11.5 Å². The third-order valence-electron chi connectivity index (χ3n) is 4.48. The molecule has 5 heteroatoms. The lowest BCUT2D eigenvalue weighted by molar-refractivity contribution is -0.105. The highest BCUT2D eigenvalue weighted by molar-refractivity contribution is 5.87. The average molecular weight is 392 g/mol. The lowest BCUT2D eigenvalue weighted by Crippen LogP contribution is -2.24. The quantitative estimate of drug-likeness (QED) is 0.626. The maximum Gasteiger partial charge on any atom is 0.335 e. The standard InChI is InChI=1S/C12H14O4.C12H10O/c13-12(14)9-4-6-10(7-5-9)16-11-3-1-2-8-15-11;13-12-8-6-11(7-9-12)10-4-2-1-3-5-10/h4-7,11H,1-3,8H2,(H,13,14);1-9,13H. The van der Waals surface area contributed by atoms with E-state index >= 15 is 0 Å². The van der Waals surface area contributed by atoms with E-state index in [4.69, 9.17) is 19.7 Å². The smallest absolute Gasteiger partial charge is 0.335 e. The normalized spacial score (nSPS) is 15.7. The maximum atomic E-state index is 10.6. The van der Waals surface area contributed by atoms with Crippen molar-refractivity contribution >= 4 is 5.97 Å². The molecular weight excluding hydrogens is 368 g/mol. The van der Waals surface area contributed by atoms with E-state index in [1.54, 1.807) is 24.3 Å². The first-order chi connectivity index (χ1) is 14.1. The molecule has 0 radical (unpaired) electrons. The van der Waals surface area contributed by atoms with Crippen molar-refractivity contribution in [1.29, 1.82) is 0 Å². The Labute approximate surface area is 170 Å². The number of hydrogen-bond acceptors (Lipinski definition) is 4.